The van der Waals surface area contributed by atoms with Gasteiger partial charge in [-0.05, 0) is 59.0 Å². The van der Waals surface area contributed by atoms with Crippen LogP contribution in [0.15, 0.2) is 54.6 Å². The molecule has 4 heteroatoms. The fraction of sp³-hybridized carbons (Fsp3) is 0.280. The number of hydrogen-bond donors (Lipinski definition) is 0. The van der Waals surface area contributed by atoms with E-state index in [1.54, 1.807) is 28.4 Å². The Morgan fingerprint density at radius 1 is 0.621 bits per heavy atom. The van der Waals surface area contributed by atoms with Gasteiger partial charge in [0.1, 0.15) is 11.5 Å². The molecule has 0 N–H and O–H groups in total. The van der Waals surface area contributed by atoms with Crippen molar-refractivity contribution in [1.29, 1.82) is 0 Å². The fourth-order valence-electron chi connectivity index (χ4n) is 3.61. The van der Waals surface area contributed by atoms with E-state index in [-0.39, 0.29) is 0 Å². The number of benzene rings is 3. The zero-order chi connectivity index (χ0) is 20.8. The predicted molar refractivity (Wildman–Crippen MR) is 118 cm³/mol. The number of ether oxygens (including phenoxy) is 4. The van der Waals surface area contributed by atoms with E-state index in [1.807, 2.05) is 36.4 Å². The largest absolute Gasteiger partial charge is 0.497 e. The second-order valence-corrected chi connectivity index (χ2v) is 6.73. The summed E-state index contributed by atoms with van der Waals surface area (Å²) in [6, 6.07) is 18.3. The van der Waals surface area contributed by atoms with E-state index < -0.39 is 0 Å². The van der Waals surface area contributed by atoms with Crippen molar-refractivity contribution >= 4 is 0 Å². The first-order valence-electron chi connectivity index (χ1n) is 9.73. The Bertz CT molecular complexity index is 944. The molecule has 0 spiro atoms. The van der Waals surface area contributed by atoms with Gasteiger partial charge in [-0.2, -0.15) is 0 Å². The quantitative estimate of drug-likeness (QED) is 0.471. The highest BCUT2D eigenvalue weighted by atomic mass is 16.5. The zero-order valence-corrected chi connectivity index (χ0v) is 17.7. The van der Waals surface area contributed by atoms with Gasteiger partial charge in [-0.3, -0.25) is 0 Å². The Morgan fingerprint density at radius 2 is 1.14 bits per heavy atom. The molecule has 0 aliphatic carbocycles. The molecule has 0 aromatic heterocycles. The first-order chi connectivity index (χ1) is 14.2. The van der Waals surface area contributed by atoms with Crippen LogP contribution >= 0.6 is 0 Å². The van der Waals surface area contributed by atoms with E-state index in [2.05, 4.69) is 25.1 Å². The van der Waals surface area contributed by atoms with Crippen molar-refractivity contribution in [3.63, 3.8) is 0 Å². The molecule has 0 bridgehead atoms. The minimum absolute atomic E-state index is 0.745. The third-order valence-corrected chi connectivity index (χ3v) is 5.02. The highest BCUT2D eigenvalue weighted by Crippen LogP contribution is 2.47. The van der Waals surface area contributed by atoms with Gasteiger partial charge in [0.25, 0.3) is 0 Å². The van der Waals surface area contributed by atoms with E-state index >= 15 is 0 Å². The number of hydrogen-bond acceptors (Lipinski definition) is 4. The summed E-state index contributed by atoms with van der Waals surface area (Å²) in [6.45, 7) is 2.16. The van der Waals surface area contributed by atoms with Crippen molar-refractivity contribution in [1.82, 2.24) is 0 Å². The molecule has 3 aromatic rings. The summed E-state index contributed by atoms with van der Waals surface area (Å²) in [5, 5.41) is 0. The summed E-state index contributed by atoms with van der Waals surface area (Å²) in [4.78, 5) is 0. The van der Waals surface area contributed by atoms with Crippen LogP contribution in [0, 0.1) is 0 Å². The maximum atomic E-state index is 5.89. The third kappa shape index (κ3) is 4.16. The minimum atomic E-state index is 0.745. The molecule has 3 rings (SSSR count). The van der Waals surface area contributed by atoms with Crippen LogP contribution in [0.5, 0.6) is 23.0 Å². The Morgan fingerprint density at radius 3 is 1.59 bits per heavy atom. The average molecular weight is 392 g/mol. The molecule has 3 aromatic carbocycles. The summed E-state index contributed by atoms with van der Waals surface area (Å²) < 4.78 is 22.3. The van der Waals surface area contributed by atoms with Gasteiger partial charge in [-0.15, -0.1) is 0 Å². The lowest BCUT2D eigenvalue weighted by molar-refractivity contribution is 0.353. The van der Waals surface area contributed by atoms with Gasteiger partial charge >= 0.3 is 0 Å². The van der Waals surface area contributed by atoms with Crippen molar-refractivity contribution in [2.75, 3.05) is 28.4 Å². The number of rotatable bonds is 8. The van der Waals surface area contributed by atoms with Gasteiger partial charge in [0, 0.05) is 5.56 Å². The van der Waals surface area contributed by atoms with E-state index in [0.29, 0.717) is 0 Å². The lowest BCUT2D eigenvalue weighted by atomic mass is 9.90. The molecule has 29 heavy (non-hydrogen) atoms. The van der Waals surface area contributed by atoms with E-state index in [1.165, 1.54) is 0 Å². The van der Waals surface area contributed by atoms with Crippen LogP contribution in [-0.4, -0.2) is 28.4 Å². The Labute approximate surface area is 173 Å². The SMILES string of the molecule is CCCc1cc(-c2ccc(OC)cc2)c(-c2ccc(OC)cc2)c(OC)c1OC. The second-order valence-electron chi connectivity index (χ2n) is 6.73. The van der Waals surface area contributed by atoms with Crippen LogP contribution in [0.2, 0.25) is 0 Å². The molecule has 0 fully saturated rings. The molecule has 0 radical (unpaired) electrons. The lowest BCUT2D eigenvalue weighted by Gasteiger charge is -2.21. The number of aryl methyl sites for hydroxylation is 1. The maximum absolute atomic E-state index is 5.89. The van der Waals surface area contributed by atoms with Crippen molar-refractivity contribution in [2.45, 2.75) is 19.8 Å². The highest BCUT2D eigenvalue weighted by Gasteiger charge is 2.22. The highest BCUT2D eigenvalue weighted by molar-refractivity contribution is 5.90. The normalized spacial score (nSPS) is 10.5. The molecular weight excluding hydrogens is 364 g/mol. The molecule has 0 heterocycles. The molecule has 0 aliphatic rings. The van der Waals surface area contributed by atoms with Crippen LogP contribution in [0.1, 0.15) is 18.9 Å². The summed E-state index contributed by atoms with van der Waals surface area (Å²) in [5.41, 5.74) is 5.36. The molecule has 0 aliphatic heterocycles. The van der Waals surface area contributed by atoms with Crippen molar-refractivity contribution in [3.8, 4) is 45.3 Å². The topological polar surface area (TPSA) is 36.9 Å². The molecule has 0 unspecified atom stereocenters. The second kappa shape index (κ2) is 9.37. The summed E-state index contributed by atoms with van der Waals surface area (Å²) in [7, 11) is 6.73. The predicted octanol–water partition coefficient (Wildman–Crippen LogP) is 6.01. The van der Waals surface area contributed by atoms with Crippen molar-refractivity contribution in [3.05, 3.63) is 60.2 Å². The number of methoxy groups -OCH3 is 4. The summed E-state index contributed by atoms with van der Waals surface area (Å²) in [5.74, 6) is 3.18. The van der Waals surface area contributed by atoms with Gasteiger partial charge in [0.05, 0.1) is 28.4 Å². The Balaban J connectivity index is 2.31. The smallest absolute Gasteiger partial charge is 0.169 e. The first kappa shape index (κ1) is 20.6. The molecule has 0 saturated carbocycles. The lowest BCUT2D eigenvalue weighted by Crippen LogP contribution is -2.01. The standard InChI is InChI=1S/C25H28O4/c1-6-7-19-16-22(17-8-12-20(26-2)13-9-17)23(25(29-5)24(19)28-4)18-10-14-21(27-3)15-11-18/h8-16H,6-7H2,1-5H3. The Hall–Kier alpha value is -3.14. The molecular formula is C25H28O4. The Kier molecular flexibility index (Phi) is 6.65. The van der Waals surface area contributed by atoms with Gasteiger partial charge in [-0.1, -0.05) is 37.6 Å². The van der Waals surface area contributed by atoms with Gasteiger partial charge in [0.2, 0.25) is 0 Å². The molecule has 0 amide bonds. The van der Waals surface area contributed by atoms with E-state index in [0.717, 1.165) is 63.7 Å². The van der Waals surface area contributed by atoms with Gasteiger partial charge < -0.3 is 18.9 Å². The van der Waals surface area contributed by atoms with E-state index in [4.69, 9.17) is 18.9 Å². The van der Waals surface area contributed by atoms with Crippen LogP contribution < -0.4 is 18.9 Å². The molecule has 4 nitrogen and oxygen atoms in total. The third-order valence-electron chi connectivity index (χ3n) is 5.02. The molecule has 0 saturated heterocycles. The summed E-state index contributed by atoms with van der Waals surface area (Å²) >= 11 is 0. The van der Waals surface area contributed by atoms with Crippen LogP contribution in [0.3, 0.4) is 0 Å². The zero-order valence-electron chi connectivity index (χ0n) is 17.7. The summed E-state index contributed by atoms with van der Waals surface area (Å²) in [6.07, 6.45) is 1.93. The van der Waals surface area contributed by atoms with Crippen LogP contribution in [0.25, 0.3) is 22.3 Å². The maximum Gasteiger partial charge on any atom is 0.169 e. The van der Waals surface area contributed by atoms with Gasteiger partial charge in [-0.25, -0.2) is 0 Å². The molecule has 152 valence electrons. The van der Waals surface area contributed by atoms with E-state index in [9.17, 15) is 0 Å². The van der Waals surface area contributed by atoms with Crippen molar-refractivity contribution in [2.24, 2.45) is 0 Å². The fourth-order valence-corrected chi connectivity index (χ4v) is 3.61. The van der Waals surface area contributed by atoms with Crippen molar-refractivity contribution < 1.29 is 18.9 Å². The monoisotopic (exact) mass is 392 g/mol. The van der Waals surface area contributed by atoms with Crippen LogP contribution in [-0.2, 0) is 6.42 Å². The molecule has 0 atom stereocenters. The average Bonchev–Trinajstić information content (AvgIpc) is 2.78. The van der Waals surface area contributed by atoms with Gasteiger partial charge in [0.15, 0.2) is 11.5 Å². The minimum Gasteiger partial charge on any atom is -0.497 e. The van der Waals surface area contributed by atoms with Crippen LogP contribution in [0.4, 0.5) is 0 Å². The first-order valence-corrected chi connectivity index (χ1v) is 9.73.